The monoisotopic (exact) mass is 573 g/mol. The van der Waals surface area contributed by atoms with Gasteiger partial charge in [-0.15, -0.1) is 0 Å². The molecule has 0 aliphatic carbocycles. The molecule has 0 bridgehead atoms. The van der Waals surface area contributed by atoms with Crippen LogP contribution < -0.4 is 11.5 Å². The molecule has 4 N–H and O–H groups in total. The summed E-state index contributed by atoms with van der Waals surface area (Å²) in [5.74, 6) is 0.731. The maximum absolute atomic E-state index is 13.9. The molecular formula is C31H31F3N8. The molecule has 0 fully saturated rings. The maximum Gasteiger partial charge on any atom is 0.234 e. The second-order valence-corrected chi connectivity index (χ2v) is 9.81. The van der Waals surface area contributed by atoms with Crippen LogP contribution in [-0.4, -0.2) is 35.9 Å². The Morgan fingerprint density at radius 1 is 0.833 bits per heavy atom. The average molecular weight is 574 g/mol. The minimum absolute atomic E-state index is 0.341. The molecule has 11 heteroatoms. The summed E-state index contributed by atoms with van der Waals surface area (Å²) < 4.78 is 46.8. The van der Waals surface area contributed by atoms with E-state index in [0.29, 0.717) is 51.4 Å². The van der Waals surface area contributed by atoms with Crippen molar-refractivity contribution in [1.82, 2.24) is 28.7 Å². The van der Waals surface area contributed by atoms with E-state index < -0.39 is 7.15 Å². The number of hydrogen-bond donors (Lipinski definition) is 2. The van der Waals surface area contributed by atoms with Gasteiger partial charge in [-0.05, 0) is 60.4 Å². The number of nitrogens with zero attached hydrogens (tertiary/aromatic N) is 6. The number of nitrogens with two attached hydrogens (primary N) is 2. The molecule has 0 aliphatic rings. The Hall–Kier alpha value is -5.19. The number of halogens is 3. The summed E-state index contributed by atoms with van der Waals surface area (Å²) in [4.78, 5) is 17.2. The van der Waals surface area contributed by atoms with Gasteiger partial charge in [0.2, 0.25) is 11.6 Å². The number of rotatable bonds is 4. The fraction of sp³-hybridized carbons (Fsp3) is 0.161. The second-order valence-electron chi connectivity index (χ2n) is 9.81. The summed E-state index contributed by atoms with van der Waals surface area (Å²) in [6, 6.07) is 8.89. The number of hydrogen-bond acceptors (Lipinski definition) is 6. The van der Waals surface area contributed by atoms with Crippen LogP contribution in [0.1, 0.15) is 39.2 Å². The summed E-state index contributed by atoms with van der Waals surface area (Å²) in [7, 11) is -1.00. The molecule has 6 aromatic rings. The summed E-state index contributed by atoms with van der Waals surface area (Å²) in [5.41, 5.74) is 17.1. The van der Waals surface area contributed by atoms with Crippen LogP contribution in [-0.2, 0) is 0 Å². The van der Waals surface area contributed by atoms with Crippen LogP contribution in [0.3, 0.4) is 0 Å². The lowest BCUT2D eigenvalue weighted by Crippen LogP contribution is -1.94. The average Bonchev–Trinajstić information content (AvgIpc) is 3.59. The molecule has 0 unspecified atom stereocenters. The van der Waals surface area contributed by atoms with Gasteiger partial charge in [0.25, 0.3) is 0 Å². The van der Waals surface area contributed by atoms with Crippen molar-refractivity contribution in [2.75, 3.05) is 18.6 Å². The van der Waals surface area contributed by atoms with Crippen molar-refractivity contribution in [3.63, 3.8) is 0 Å². The normalized spacial score (nSPS) is 11.1. The Balaban J connectivity index is 0.000000181. The topological polar surface area (TPSA) is 112 Å². The summed E-state index contributed by atoms with van der Waals surface area (Å²) >= 11 is 0. The van der Waals surface area contributed by atoms with Gasteiger partial charge in [0.05, 0.1) is 19.9 Å². The minimum Gasteiger partial charge on any atom is -0.399 e. The van der Waals surface area contributed by atoms with E-state index in [1.54, 1.807) is 41.3 Å². The molecule has 4 aromatic heterocycles. The minimum atomic E-state index is -1.00. The number of benzene rings is 2. The first-order valence-corrected chi connectivity index (χ1v) is 12.8. The summed E-state index contributed by atoms with van der Waals surface area (Å²) in [5, 5.41) is 0. The molecule has 42 heavy (non-hydrogen) atoms. The third kappa shape index (κ3) is 6.41. The van der Waals surface area contributed by atoms with Crippen LogP contribution in [0.25, 0.3) is 39.6 Å². The van der Waals surface area contributed by atoms with Crippen LogP contribution in [0, 0.1) is 11.6 Å². The summed E-state index contributed by atoms with van der Waals surface area (Å²) in [6.45, 7) is 9.96. The van der Waals surface area contributed by atoms with Crippen LogP contribution >= 0.6 is 0 Å². The zero-order valence-electron chi connectivity index (χ0n) is 24.4. The number of alkyl halides is 1. The highest BCUT2D eigenvalue weighted by atomic mass is 19.1. The Labute approximate surface area is 242 Å². The molecule has 0 radical (unpaired) electrons. The highest BCUT2D eigenvalue weighted by molar-refractivity contribution is 5.68. The molecule has 6 rings (SSSR count). The number of nitrogen functional groups attached to an aromatic ring is 2. The van der Waals surface area contributed by atoms with Gasteiger partial charge < -0.3 is 11.5 Å². The van der Waals surface area contributed by atoms with Crippen LogP contribution in [0.4, 0.5) is 24.5 Å². The molecule has 0 aliphatic heterocycles. The molecule has 4 heterocycles. The molecule has 2 aromatic carbocycles. The van der Waals surface area contributed by atoms with Gasteiger partial charge in [-0.1, -0.05) is 20.4 Å². The molecular weight excluding hydrogens is 541 g/mol. The zero-order chi connectivity index (χ0) is 31.3. The first-order valence-electron chi connectivity index (χ1n) is 13.5. The highest BCUT2D eigenvalue weighted by Crippen LogP contribution is 2.26. The van der Waals surface area contributed by atoms with Crippen LogP contribution in [0.2, 0.25) is 0 Å². The first kappa shape index (κ1) is 28.3. The summed E-state index contributed by atoms with van der Waals surface area (Å²) in [6.07, 6.45) is 10.8. The third-order valence-electron chi connectivity index (χ3n) is 6.33. The van der Waals surface area contributed by atoms with Crippen molar-refractivity contribution in [1.29, 1.82) is 0 Å². The van der Waals surface area contributed by atoms with Gasteiger partial charge in [0.15, 0.2) is 0 Å². The van der Waals surface area contributed by atoms with Gasteiger partial charge in [-0.2, -0.15) is 0 Å². The van der Waals surface area contributed by atoms with Crippen molar-refractivity contribution in [3.8, 4) is 22.5 Å². The van der Waals surface area contributed by atoms with Crippen molar-refractivity contribution in [3.05, 3.63) is 103 Å². The van der Waals surface area contributed by atoms with Gasteiger partial charge in [-0.3, -0.25) is 13.2 Å². The molecule has 0 atom stereocenters. The number of fused-ring (bicyclic) bond motifs is 2. The fourth-order valence-electron chi connectivity index (χ4n) is 4.04. The molecule has 0 spiro atoms. The van der Waals surface area contributed by atoms with E-state index in [4.69, 9.17) is 12.8 Å². The van der Waals surface area contributed by atoms with Crippen LogP contribution in [0.15, 0.2) is 80.2 Å². The number of allylic oxidation sites excluding steroid dienone is 1. The standard InChI is InChI=1S/C15H15FN4.C15H13FN4.CH3F/c2*1-9(2)10-6-18-15-19-14(8-20(15)7-10)12-5-11(17)3-4-13(12)16;1-2/h3-9H,17H2,1-2H3;3-8H,1,17H2,2H3;1H3/i;;1D. The largest absolute Gasteiger partial charge is 0.399 e. The SMILES string of the molecule is C=C(C)c1cnc2nc(-c3cc(N)ccc3F)cn2c1.CC(C)c1cnc2nc(-c3cc(N)ccc3F)cn2c1.[2H]CF. The van der Waals surface area contributed by atoms with E-state index in [-0.39, 0.29) is 11.6 Å². The van der Waals surface area contributed by atoms with Crippen LogP contribution in [0.5, 0.6) is 0 Å². The van der Waals surface area contributed by atoms with E-state index in [9.17, 15) is 13.2 Å². The molecule has 216 valence electrons. The van der Waals surface area contributed by atoms with Crippen molar-refractivity contribution in [2.45, 2.75) is 26.7 Å². The van der Waals surface area contributed by atoms with Crippen molar-refractivity contribution < 1.29 is 14.5 Å². The first-order chi connectivity index (χ1) is 20.5. The Morgan fingerprint density at radius 3 is 1.79 bits per heavy atom. The smallest absolute Gasteiger partial charge is 0.234 e. The molecule has 8 nitrogen and oxygen atoms in total. The lowest BCUT2D eigenvalue weighted by Gasteiger charge is -2.03. The highest BCUT2D eigenvalue weighted by Gasteiger charge is 2.12. The van der Waals surface area contributed by atoms with E-state index >= 15 is 0 Å². The molecule has 0 saturated heterocycles. The van der Waals surface area contributed by atoms with Crippen molar-refractivity contribution >= 4 is 28.5 Å². The molecule has 0 saturated carbocycles. The van der Waals surface area contributed by atoms with E-state index in [1.165, 1.54) is 24.3 Å². The van der Waals surface area contributed by atoms with Gasteiger partial charge in [0, 0.05) is 65.2 Å². The Kier molecular flexibility index (Phi) is 8.47. The fourth-order valence-corrected chi connectivity index (χ4v) is 4.04. The number of aromatic nitrogens is 6. The van der Waals surface area contributed by atoms with Gasteiger partial charge in [-0.25, -0.2) is 28.7 Å². The maximum atomic E-state index is 13.9. The zero-order valence-corrected chi connectivity index (χ0v) is 23.4. The lowest BCUT2D eigenvalue weighted by molar-refractivity contribution is 0.630. The van der Waals surface area contributed by atoms with E-state index in [2.05, 4.69) is 40.4 Å². The Morgan fingerprint density at radius 2 is 1.31 bits per heavy atom. The number of imidazole rings is 2. The second kappa shape index (κ2) is 12.5. The van der Waals surface area contributed by atoms with E-state index in [1.807, 2.05) is 23.7 Å². The molecule has 0 amide bonds. The number of anilines is 2. The van der Waals surface area contributed by atoms with Crippen molar-refractivity contribution in [2.24, 2.45) is 0 Å². The third-order valence-corrected chi connectivity index (χ3v) is 6.33. The predicted octanol–water partition coefficient (Wildman–Crippen LogP) is 6.98. The lowest BCUT2D eigenvalue weighted by atomic mass is 10.1. The van der Waals surface area contributed by atoms with E-state index in [0.717, 1.165) is 16.7 Å². The Bertz CT molecular complexity index is 1900. The van der Waals surface area contributed by atoms with Gasteiger partial charge >= 0.3 is 0 Å². The predicted molar refractivity (Wildman–Crippen MR) is 161 cm³/mol. The van der Waals surface area contributed by atoms with Gasteiger partial charge in [0.1, 0.15) is 11.6 Å². The quantitative estimate of drug-likeness (QED) is 0.220.